The molecule has 2 rings (SSSR count). The van der Waals surface area contributed by atoms with Crippen molar-refractivity contribution in [2.75, 3.05) is 6.61 Å². The number of hydrogen-bond donors (Lipinski definition) is 1. The van der Waals surface area contributed by atoms with Crippen LogP contribution in [0.25, 0.3) is 0 Å². The second kappa shape index (κ2) is 5.54. The number of benzene rings is 1. The fourth-order valence-corrected chi connectivity index (χ4v) is 1.94. The van der Waals surface area contributed by atoms with Gasteiger partial charge in [0.05, 0.1) is 6.04 Å². The third kappa shape index (κ3) is 3.26. The first kappa shape index (κ1) is 11.0. The van der Waals surface area contributed by atoms with E-state index >= 15 is 0 Å². The van der Waals surface area contributed by atoms with Crippen molar-refractivity contribution in [1.82, 2.24) is 0 Å². The van der Waals surface area contributed by atoms with Crippen molar-refractivity contribution in [2.24, 2.45) is 10.7 Å². The van der Waals surface area contributed by atoms with E-state index in [4.69, 9.17) is 10.5 Å². The number of rotatable bonds is 5. The molecule has 1 aromatic carbocycles. The fraction of sp³-hybridized carbons (Fsp3) is 0.462. The summed E-state index contributed by atoms with van der Waals surface area (Å²) >= 11 is 0. The lowest BCUT2D eigenvalue weighted by atomic mass is 10.1. The number of aliphatic imine (C=N–C) groups is 1. The van der Waals surface area contributed by atoms with Gasteiger partial charge in [-0.05, 0) is 24.8 Å². The number of hydrogen-bond acceptors (Lipinski definition) is 3. The fourth-order valence-electron chi connectivity index (χ4n) is 1.94. The molecule has 86 valence electrons. The van der Waals surface area contributed by atoms with Crippen LogP contribution in [-0.2, 0) is 11.2 Å². The van der Waals surface area contributed by atoms with E-state index in [0.717, 1.165) is 12.8 Å². The zero-order valence-electron chi connectivity index (χ0n) is 9.43. The van der Waals surface area contributed by atoms with E-state index < -0.39 is 0 Å². The van der Waals surface area contributed by atoms with Crippen LogP contribution >= 0.6 is 0 Å². The molecule has 1 heterocycles. The summed E-state index contributed by atoms with van der Waals surface area (Å²) in [5.74, 6) is 0. The normalized spacial score (nSPS) is 19.2. The predicted octanol–water partition coefficient (Wildman–Crippen LogP) is 2.11. The van der Waals surface area contributed by atoms with Crippen LogP contribution in [0.1, 0.15) is 24.8 Å². The molecule has 0 aromatic heterocycles. The lowest BCUT2D eigenvalue weighted by Gasteiger charge is -2.04. The number of nitrogens with zero attached hydrogens (tertiary/aromatic N) is 1. The Morgan fingerprint density at radius 3 is 2.75 bits per heavy atom. The molecule has 0 spiro atoms. The van der Waals surface area contributed by atoms with Gasteiger partial charge < -0.3 is 10.5 Å². The first-order valence-electron chi connectivity index (χ1n) is 5.84. The smallest absolute Gasteiger partial charge is 0.282 e. The minimum atomic E-state index is 0.288. The second-order valence-electron chi connectivity index (χ2n) is 4.16. The van der Waals surface area contributed by atoms with Gasteiger partial charge in [-0.3, -0.25) is 0 Å². The lowest BCUT2D eigenvalue weighted by Crippen LogP contribution is -2.10. The number of amidine groups is 1. The molecule has 3 nitrogen and oxygen atoms in total. The molecule has 0 radical (unpaired) electrons. The molecule has 0 bridgehead atoms. The topological polar surface area (TPSA) is 47.6 Å². The van der Waals surface area contributed by atoms with E-state index in [0.29, 0.717) is 12.6 Å². The van der Waals surface area contributed by atoms with Crippen molar-refractivity contribution in [3.8, 4) is 0 Å². The summed E-state index contributed by atoms with van der Waals surface area (Å²) in [5, 5.41) is 0. The standard InChI is InChI=1S/C13H18N2O/c14-13-15-12(10-16-13)9-5-4-8-11-6-2-1-3-7-11/h1-3,6-7,12H,4-5,8-10H2,(H2,14,15)/t12-/m0/s1. The van der Waals surface area contributed by atoms with Crippen LogP contribution in [0.4, 0.5) is 0 Å². The SMILES string of the molecule is NC1=N[C@@H](CCCCc2ccccc2)CO1. The van der Waals surface area contributed by atoms with Crippen LogP contribution in [0.2, 0.25) is 0 Å². The number of nitrogens with two attached hydrogens (primary N) is 1. The quantitative estimate of drug-likeness (QED) is 0.769. The van der Waals surface area contributed by atoms with Crippen LogP contribution < -0.4 is 5.73 Å². The molecule has 0 saturated heterocycles. The molecule has 1 aliphatic heterocycles. The Hall–Kier alpha value is -1.51. The Kier molecular flexibility index (Phi) is 3.81. The van der Waals surface area contributed by atoms with Crippen LogP contribution in [-0.4, -0.2) is 18.7 Å². The minimum absolute atomic E-state index is 0.288. The van der Waals surface area contributed by atoms with Gasteiger partial charge in [-0.15, -0.1) is 0 Å². The summed E-state index contributed by atoms with van der Waals surface area (Å²) in [4.78, 5) is 4.21. The predicted molar refractivity (Wildman–Crippen MR) is 65.4 cm³/mol. The Balaban J connectivity index is 1.62. The largest absolute Gasteiger partial charge is 0.463 e. The summed E-state index contributed by atoms with van der Waals surface area (Å²) in [7, 11) is 0. The molecule has 1 aliphatic rings. The van der Waals surface area contributed by atoms with Gasteiger partial charge in [0.1, 0.15) is 6.61 Å². The Bertz CT molecular complexity index is 348. The molecule has 3 heteroatoms. The second-order valence-corrected chi connectivity index (χ2v) is 4.16. The van der Waals surface area contributed by atoms with E-state index in [1.54, 1.807) is 0 Å². The van der Waals surface area contributed by atoms with Gasteiger partial charge >= 0.3 is 0 Å². The maximum Gasteiger partial charge on any atom is 0.282 e. The number of aryl methyl sites for hydroxylation is 1. The van der Waals surface area contributed by atoms with Crippen molar-refractivity contribution in [2.45, 2.75) is 31.7 Å². The summed E-state index contributed by atoms with van der Waals surface area (Å²) < 4.78 is 5.11. The summed E-state index contributed by atoms with van der Waals surface area (Å²) in [6.45, 7) is 0.664. The minimum Gasteiger partial charge on any atom is -0.463 e. The Morgan fingerprint density at radius 2 is 2.06 bits per heavy atom. The molecule has 0 fully saturated rings. The van der Waals surface area contributed by atoms with Crippen LogP contribution in [0, 0.1) is 0 Å². The lowest BCUT2D eigenvalue weighted by molar-refractivity contribution is 0.305. The van der Waals surface area contributed by atoms with E-state index in [1.165, 1.54) is 18.4 Å². The highest BCUT2D eigenvalue weighted by atomic mass is 16.5. The molecule has 1 atom stereocenters. The third-order valence-corrected chi connectivity index (χ3v) is 2.83. The van der Waals surface area contributed by atoms with Gasteiger partial charge in [0.25, 0.3) is 6.02 Å². The number of unbranched alkanes of at least 4 members (excludes halogenated alkanes) is 1. The van der Waals surface area contributed by atoms with Crippen LogP contribution in [0.15, 0.2) is 35.3 Å². The maximum absolute atomic E-state index is 5.45. The molecule has 0 amide bonds. The van der Waals surface area contributed by atoms with Gasteiger partial charge in [-0.2, -0.15) is 0 Å². The molecule has 2 N–H and O–H groups in total. The van der Waals surface area contributed by atoms with Crippen LogP contribution in [0.5, 0.6) is 0 Å². The Morgan fingerprint density at radius 1 is 1.25 bits per heavy atom. The first-order valence-corrected chi connectivity index (χ1v) is 5.84. The highest BCUT2D eigenvalue weighted by Crippen LogP contribution is 2.12. The molecular formula is C13H18N2O. The van der Waals surface area contributed by atoms with Crippen molar-refractivity contribution in [3.05, 3.63) is 35.9 Å². The monoisotopic (exact) mass is 218 g/mol. The highest BCUT2D eigenvalue weighted by Gasteiger charge is 2.15. The first-order chi connectivity index (χ1) is 7.84. The molecule has 16 heavy (non-hydrogen) atoms. The van der Waals surface area contributed by atoms with E-state index in [1.807, 2.05) is 0 Å². The van der Waals surface area contributed by atoms with E-state index in [9.17, 15) is 0 Å². The van der Waals surface area contributed by atoms with Crippen molar-refractivity contribution in [1.29, 1.82) is 0 Å². The summed E-state index contributed by atoms with van der Waals surface area (Å²) in [6, 6.07) is 11.2. The molecule has 0 saturated carbocycles. The van der Waals surface area contributed by atoms with Gasteiger partial charge in [-0.25, -0.2) is 4.99 Å². The third-order valence-electron chi connectivity index (χ3n) is 2.83. The van der Waals surface area contributed by atoms with Crippen molar-refractivity contribution in [3.63, 3.8) is 0 Å². The summed E-state index contributed by atoms with van der Waals surface area (Å²) in [6.07, 6.45) is 4.61. The zero-order valence-corrected chi connectivity index (χ0v) is 9.43. The molecule has 0 unspecified atom stereocenters. The average molecular weight is 218 g/mol. The number of ether oxygens (including phenoxy) is 1. The zero-order chi connectivity index (χ0) is 11.2. The van der Waals surface area contributed by atoms with Gasteiger partial charge in [-0.1, -0.05) is 36.8 Å². The van der Waals surface area contributed by atoms with Crippen LogP contribution in [0.3, 0.4) is 0 Å². The molecule has 0 aliphatic carbocycles. The summed E-state index contributed by atoms with van der Waals surface area (Å²) in [5.41, 5.74) is 6.86. The van der Waals surface area contributed by atoms with Crippen molar-refractivity contribution < 1.29 is 4.74 Å². The highest BCUT2D eigenvalue weighted by molar-refractivity contribution is 5.72. The van der Waals surface area contributed by atoms with Crippen molar-refractivity contribution >= 4 is 6.02 Å². The van der Waals surface area contributed by atoms with Gasteiger partial charge in [0.2, 0.25) is 0 Å². The van der Waals surface area contributed by atoms with E-state index in [2.05, 4.69) is 35.3 Å². The van der Waals surface area contributed by atoms with E-state index in [-0.39, 0.29) is 6.04 Å². The average Bonchev–Trinajstić information content (AvgIpc) is 2.72. The maximum atomic E-state index is 5.45. The molecular weight excluding hydrogens is 200 g/mol. The molecule has 1 aromatic rings. The Labute approximate surface area is 96.3 Å². The van der Waals surface area contributed by atoms with Gasteiger partial charge in [0.15, 0.2) is 0 Å². The van der Waals surface area contributed by atoms with Gasteiger partial charge in [0, 0.05) is 0 Å².